The second-order valence-corrected chi connectivity index (χ2v) is 12.1. The molecule has 252 valence electrons. The van der Waals surface area contributed by atoms with Gasteiger partial charge in [0.1, 0.15) is 5.54 Å². The summed E-state index contributed by atoms with van der Waals surface area (Å²) in [4.78, 5) is 26.2. The average molecular weight is 666 g/mol. The van der Waals surface area contributed by atoms with Gasteiger partial charge in [0.2, 0.25) is 5.91 Å². The summed E-state index contributed by atoms with van der Waals surface area (Å²) >= 11 is 0. The van der Waals surface area contributed by atoms with Gasteiger partial charge in [-0.3, -0.25) is 4.79 Å². The molecule has 0 spiro atoms. The van der Waals surface area contributed by atoms with Crippen LogP contribution in [-0.2, 0) is 21.7 Å². The van der Waals surface area contributed by atoms with Gasteiger partial charge in [-0.2, -0.15) is 0 Å². The molecule has 5 aromatic carbocycles. The summed E-state index contributed by atoms with van der Waals surface area (Å²) in [6.07, 6.45) is 1.66. The molecule has 0 aliphatic heterocycles. The Balaban J connectivity index is 1.45. The fourth-order valence-electron chi connectivity index (χ4n) is 6.56. The molecule has 2 N–H and O–H groups in total. The van der Waals surface area contributed by atoms with Gasteiger partial charge in [0.25, 0.3) is 0 Å². The zero-order valence-corrected chi connectivity index (χ0v) is 27.8. The molecule has 0 aliphatic rings. The van der Waals surface area contributed by atoms with E-state index < -0.39 is 24.2 Å². The van der Waals surface area contributed by atoms with E-state index in [1.54, 1.807) is 0 Å². The van der Waals surface area contributed by atoms with Gasteiger partial charge in [0, 0.05) is 18.5 Å². The molecule has 9 nitrogen and oxygen atoms in total. The van der Waals surface area contributed by atoms with Crippen LogP contribution in [0, 0.1) is 0 Å². The molecule has 0 saturated carbocycles. The Morgan fingerprint density at radius 1 is 0.740 bits per heavy atom. The molecule has 6 aromatic rings. The first-order valence-electron chi connectivity index (χ1n) is 16.8. The minimum Gasteiger partial charge on any atom is -0.480 e. The topological polar surface area (TPSA) is 121 Å². The fraction of sp³-hybridized carbons (Fsp3) is 0.195. The summed E-state index contributed by atoms with van der Waals surface area (Å²) in [6.45, 7) is 1.37. The van der Waals surface area contributed by atoms with Crippen LogP contribution in [0.4, 0.5) is 0 Å². The Morgan fingerprint density at radius 2 is 1.26 bits per heavy atom. The van der Waals surface area contributed by atoms with Crippen LogP contribution in [0.1, 0.15) is 48.4 Å². The van der Waals surface area contributed by atoms with Crippen molar-refractivity contribution in [3.63, 3.8) is 0 Å². The first-order valence-corrected chi connectivity index (χ1v) is 16.8. The van der Waals surface area contributed by atoms with E-state index in [4.69, 9.17) is 5.21 Å². The van der Waals surface area contributed by atoms with Crippen LogP contribution in [-0.4, -0.2) is 59.8 Å². The Hall–Kier alpha value is -5.93. The van der Waals surface area contributed by atoms with Crippen molar-refractivity contribution in [3.05, 3.63) is 162 Å². The molecule has 0 saturated heterocycles. The van der Waals surface area contributed by atoms with E-state index in [1.807, 2.05) is 115 Å². The highest BCUT2D eigenvalue weighted by Gasteiger charge is 2.42. The third-order valence-electron chi connectivity index (χ3n) is 9.05. The molecule has 1 atom stereocenters. The number of carbonyl (C=O) groups is 2. The minimum atomic E-state index is -1.32. The molecule has 0 bridgehead atoms. The molecular formula is C41H39N5O4. The average Bonchev–Trinajstić information content (AvgIpc) is 3.66. The first-order chi connectivity index (χ1) is 24.5. The lowest BCUT2D eigenvalue weighted by Crippen LogP contribution is -2.46. The summed E-state index contributed by atoms with van der Waals surface area (Å²) in [5.74, 6) is -0.965. The van der Waals surface area contributed by atoms with Crippen molar-refractivity contribution in [3.8, 4) is 22.5 Å². The lowest BCUT2D eigenvalue weighted by Gasteiger charge is -2.36. The van der Waals surface area contributed by atoms with Gasteiger partial charge in [-0.25, -0.2) is 9.48 Å². The molecule has 1 amide bonds. The van der Waals surface area contributed by atoms with Crippen LogP contribution >= 0.6 is 0 Å². The van der Waals surface area contributed by atoms with Gasteiger partial charge >= 0.3 is 5.97 Å². The van der Waals surface area contributed by atoms with Gasteiger partial charge in [-0.15, -0.1) is 5.10 Å². The fourth-order valence-corrected chi connectivity index (χ4v) is 6.56. The van der Waals surface area contributed by atoms with Crippen molar-refractivity contribution in [1.82, 2.24) is 25.1 Å². The van der Waals surface area contributed by atoms with E-state index in [-0.39, 0.29) is 18.9 Å². The third-order valence-corrected chi connectivity index (χ3v) is 9.05. The van der Waals surface area contributed by atoms with Gasteiger partial charge in [-0.05, 0) is 50.2 Å². The van der Waals surface area contributed by atoms with Gasteiger partial charge in [0.15, 0.2) is 11.9 Å². The maximum Gasteiger partial charge on any atom is 0.328 e. The molecule has 9 heteroatoms. The van der Waals surface area contributed by atoms with Crippen molar-refractivity contribution < 1.29 is 19.8 Å². The Morgan fingerprint density at radius 3 is 1.76 bits per heavy atom. The van der Waals surface area contributed by atoms with Crippen molar-refractivity contribution in [2.24, 2.45) is 0 Å². The highest BCUT2D eigenvalue weighted by atomic mass is 16.4. The number of rotatable bonds is 14. The van der Waals surface area contributed by atoms with E-state index >= 15 is 0 Å². The smallest absolute Gasteiger partial charge is 0.328 e. The second-order valence-electron chi connectivity index (χ2n) is 12.1. The number of unbranched alkanes of at least 4 members (excludes halogenated alkanes) is 1. The Labute approximate surface area is 291 Å². The van der Waals surface area contributed by atoms with Crippen molar-refractivity contribution in [2.75, 3.05) is 6.61 Å². The zero-order valence-electron chi connectivity index (χ0n) is 27.8. The number of aromatic nitrogens is 4. The van der Waals surface area contributed by atoms with E-state index in [0.717, 1.165) is 45.4 Å². The Kier molecular flexibility index (Phi) is 10.5. The number of benzene rings is 5. The van der Waals surface area contributed by atoms with E-state index in [0.29, 0.717) is 12.2 Å². The number of aliphatic carboxylic acids is 1. The number of amides is 1. The number of nitrogens with zero attached hydrogens (tertiary/aromatic N) is 5. The normalized spacial score (nSPS) is 12.0. The number of aliphatic hydroxyl groups excluding tert-OH is 1. The number of carboxylic acids is 1. The maximum absolute atomic E-state index is 13.0. The SMILES string of the molecule is CCCCC(=O)N(Cc1ccc(-c2ccccc2-c2nnnn2C(c2ccccc2)(c2ccccc2)c2ccccc2)cc1)[C@@H](CO)C(=O)O. The monoisotopic (exact) mass is 665 g/mol. The standard InChI is InChI=1S/C41H39N5O4/c1-2-3-23-38(48)45(37(29-47)40(49)50)28-30-24-26-31(27-25-30)35-21-13-14-22-36(35)39-42-43-44-46(39)41(32-15-7-4-8-16-32,33-17-9-5-10-18-33)34-19-11-6-12-20-34/h4-22,24-27,37,47H,2-3,23,28-29H2,1H3,(H,49,50)/t37-/m0/s1. The lowest BCUT2D eigenvalue weighted by atomic mass is 9.77. The van der Waals surface area contributed by atoms with Crippen LogP contribution in [0.3, 0.4) is 0 Å². The van der Waals surface area contributed by atoms with E-state index in [9.17, 15) is 19.8 Å². The Bertz CT molecular complexity index is 1920. The molecule has 0 radical (unpaired) electrons. The molecule has 0 aliphatic carbocycles. The van der Waals surface area contributed by atoms with Crippen LogP contribution in [0.15, 0.2) is 140 Å². The molecule has 0 unspecified atom stereocenters. The predicted octanol–water partition coefficient (Wildman–Crippen LogP) is 6.81. The first kappa shape index (κ1) is 34.0. The predicted molar refractivity (Wildman–Crippen MR) is 192 cm³/mol. The molecule has 50 heavy (non-hydrogen) atoms. The highest BCUT2D eigenvalue weighted by Crippen LogP contribution is 2.43. The number of tetrazole rings is 1. The highest BCUT2D eigenvalue weighted by molar-refractivity contribution is 5.84. The molecular weight excluding hydrogens is 626 g/mol. The van der Waals surface area contributed by atoms with Crippen LogP contribution in [0.2, 0.25) is 0 Å². The lowest BCUT2D eigenvalue weighted by molar-refractivity contribution is -0.152. The molecule has 0 fully saturated rings. The summed E-state index contributed by atoms with van der Waals surface area (Å²) in [6, 6.07) is 45.0. The molecule has 1 aromatic heterocycles. The van der Waals surface area contributed by atoms with Crippen LogP contribution in [0.5, 0.6) is 0 Å². The van der Waals surface area contributed by atoms with Crippen molar-refractivity contribution in [1.29, 1.82) is 0 Å². The minimum absolute atomic E-state index is 0.0635. The van der Waals surface area contributed by atoms with Gasteiger partial charge < -0.3 is 15.1 Å². The summed E-state index contributed by atoms with van der Waals surface area (Å²) in [5.41, 5.74) is 5.42. The van der Waals surface area contributed by atoms with Gasteiger partial charge in [-0.1, -0.05) is 153 Å². The summed E-state index contributed by atoms with van der Waals surface area (Å²) in [7, 11) is 0. The van der Waals surface area contributed by atoms with Crippen molar-refractivity contribution in [2.45, 2.75) is 44.3 Å². The molecule has 1 heterocycles. The second kappa shape index (κ2) is 15.5. The summed E-state index contributed by atoms with van der Waals surface area (Å²) < 4.78 is 1.90. The van der Waals surface area contributed by atoms with Crippen LogP contribution < -0.4 is 0 Å². The quantitative estimate of drug-likeness (QED) is 0.123. The number of hydrogen-bond donors (Lipinski definition) is 2. The van der Waals surface area contributed by atoms with Crippen molar-refractivity contribution >= 4 is 11.9 Å². The number of carbonyl (C=O) groups excluding carboxylic acids is 1. The van der Waals surface area contributed by atoms with E-state index in [2.05, 4.69) is 46.7 Å². The number of carboxylic acid groups (broad SMARTS) is 1. The zero-order chi connectivity index (χ0) is 34.9. The van der Waals surface area contributed by atoms with Crippen LogP contribution in [0.25, 0.3) is 22.5 Å². The largest absolute Gasteiger partial charge is 0.480 e. The van der Waals surface area contributed by atoms with Gasteiger partial charge in [0.05, 0.1) is 6.61 Å². The number of hydrogen-bond acceptors (Lipinski definition) is 6. The molecule has 6 rings (SSSR count). The third kappa shape index (κ3) is 6.68. The summed E-state index contributed by atoms with van der Waals surface area (Å²) in [5, 5.41) is 33.2. The maximum atomic E-state index is 13.0. The number of aliphatic hydroxyl groups is 1. The van der Waals surface area contributed by atoms with E-state index in [1.165, 1.54) is 4.90 Å².